The molecule has 4 heteroatoms. The van der Waals surface area contributed by atoms with Crippen LogP contribution < -0.4 is 10.6 Å². The first kappa shape index (κ1) is 12.9. The molecule has 98 valence electrons. The molecule has 0 saturated carbocycles. The number of nitrogens with two attached hydrogens (primary N) is 1. The lowest BCUT2D eigenvalue weighted by molar-refractivity contribution is -0.129. The summed E-state index contributed by atoms with van der Waals surface area (Å²) in [5.41, 5.74) is 8.44. The first-order chi connectivity index (χ1) is 8.63. The maximum Gasteiger partial charge on any atom is 0.224 e. The molecular weight excluding hydrogens is 226 g/mol. The Bertz CT molecular complexity index is 431. The number of hydrogen-bond donors (Lipinski definition) is 1. The Balaban J connectivity index is 2.13. The minimum atomic E-state index is 0.101. The Labute approximate surface area is 108 Å². The van der Waals surface area contributed by atoms with Crippen molar-refractivity contribution in [3.63, 3.8) is 0 Å². The van der Waals surface area contributed by atoms with Crippen LogP contribution in [0.4, 0.5) is 5.69 Å². The van der Waals surface area contributed by atoms with Crippen LogP contribution in [0.15, 0.2) is 24.3 Å². The highest BCUT2D eigenvalue weighted by atomic mass is 16.2. The normalized spacial score (nSPS) is 15.4. The average molecular weight is 247 g/mol. The fourth-order valence-corrected chi connectivity index (χ4v) is 2.45. The van der Waals surface area contributed by atoms with E-state index in [1.54, 1.807) is 19.0 Å². The zero-order chi connectivity index (χ0) is 13.1. The SMILES string of the molecule is CN(C)C(=O)CC(CN)N1CCc2ccccc21. The van der Waals surface area contributed by atoms with Crippen LogP contribution in [0.3, 0.4) is 0 Å². The monoisotopic (exact) mass is 247 g/mol. The third-order valence-electron chi connectivity index (χ3n) is 3.54. The van der Waals surface area contributed by atoms with Gasteiger partial charge in [0.2, 0.25) is 5.91 Å². The van der Waals surface area contributed by atoms with Gasteiger partial charge in [0, 0.05) is 45.3 Å². The number of rotatable bonds is 4. The van der Waals surface area contributed by atoms with Gasteiger partial charge >= 0.3 is 0 Å². The third-order valence-corrected chi connectivity index (χ3v) is 3.54. The summed E-state index contributed by atoms with van der Waals surface area (Å²) in [6.07, 6.45) is 1.53. The molecule has 2 N–H and O–H groups in total. The molecule has 1 aromatic rings. The molecular formula is C14H21N3O. The lowest BCUT2D eigenvalue weighted by atomic mass is 10.1. The van der Waals surface area contributed by atoms with Crippen LogP contribution in [-0.4, -0.2) is 44.0 Å². The molecule has 0 radical (unpaired) electrons. The topological polar surface area (TPSA) is 49.6 Å². The molecule has 4 nitrogen and oxygen atoms in total. The van der Waals surface area contributed by atoms with E-state index in [1.165, 1.54) is 11.3 Å². The average Bonchev–Trinajstić information content (AvgIpc) is 2.79. The maximum absolute atomic E-state index is 11.8. The molecule has 0 aromatic heterocycles. The molecule has 0 saturated heterocycles. The number of benzene rings is 1. The van der Waals surface area contributed by atoms with Crippen molar-refractivity contribution in [3.05, 3.63) is 29.8 Å². The Morgan fingerprint density at radius 1 is 1.44 bits per heavy atom. The second-order valence-corrected chi connectivity index (χ2v) is 4.95. The number of carbonyl (C=O) groups is 1. The van der Waals surface area contributed by atoms with Gasteiger partial charge in [0.15, 0.2) is 0 Å². The number of carbonyl (C=O) groups excluding carboxylic acids is 1. The van der Waals surface area contributed by atoms with Gasteiger partial charge in [-0.25, -0.2) is 0 Å². The molecule has 1 unspecified atom stereocenters. The van der Waals surface area contributed by atoms with Crippen molar-refractivity contribution in [2.75, 3.05) is 32.1 Å². The van der Waals surface area contributed by atoms with Crippen molar-refractivity contribution in [1.82, 2.24) is 4.90 Å². The van der Waals surface area contributed by atoms with Crippen LogP contribution in [0.1, 0.15) is 12.0 Å². The Kier molecular flexibility index (Phi) is 3.87. The van der Waals surface area contributed by atoms with E-state index in [-0.39, 0.29) is 11.9 Å². The van der Waals surface area contributed by atoms with Gasteiger partial charge in [-0.2, -0.15) is 0 Å². The standard InChI is InChI=1S/C14H21N3O/c1-16(2)14(18)9-12(10-15)17-8-7-11-5-3-4-6-13(11)17/h3-6,12H,7-10,15H2,1-2H3. The summed E-state index contributed by atoms with van der Waals surface area (Å²) >= 11 is 0. The first-order valence-electron chi connectivity index (χ1n) is 6.38. The van der Waals surface area contributed by atoms with Gasteiger partial charge in [-0.3, -0.25) is 4.79 Å². The summed E-state index contributed by atoms with van der Waals surface area (Å²) < 4.78 is 0. The van der Waals surface area contributed by atoms with Gasteiger partial charge in [0.05, 0.1) is 0 Å². The van der Waals surface area contributed by atoms with E-state index >= 15 is 0 Å². The van der Waals surface area contributed by atoms with E-state index in [9.17, 15) is 4.79 Å². The summed E-state index contributed by atoms with van der Waals surface area (Å²) in [4.78, 5) is 15.7. The van der Waals surface area contributed by atoms with Crippen molar-refractivity contribution in [2.45, 2.75) is 18.9 Å². The fourth-order valence-electron chi connectivity index (χ4n) is 2.45. The highest BCUT2D eigenvalue weighted by molar-refractivity contribution is 5.77. The molecule has 2 rings (SSSR count). The smallest absolute Gasteiger partial charge is 0.224 e. The molecule has 0 fully saturated rings. The van der Waals surface area contributed by atoms with Crippen LogP contribution in [0, 0.1) is 0 Å². The molecule has 18 heavy (non-hydrogen) atoms. The van der Waals surface area contributed by atoms with Crippen LogP contribution in [0.2, 0.25) is 0 Å². The zero-order valence-corrected chi connectivity index (χ0v) is 11.1. The zero-order valence-electron chi connectivity index (χ0n) is 11.1. The van der Waals surface area contributed by atoms with Crippen LogP contribution in [0.5, 0.6) is 0 Å². The fraction of sp³-hybridized carbons (Fsp3) is 0.500. The summed E-state index contributed by atoms with van der Waals surface area (Å²) in [7, 11) is 3.57. The molecule has 1 amide bonds. The first-order valence-corrected chi connectivity index (χ1v) is 6.38. The maximum atomic E-state index is 11.8. The van der Waals surface area contributed by atoms with Gasteiger partial charge < -0.3 is 15.5 Å². The largest absolute Gasteiger partial charge is 0.366 e. The molecule has 0 spiro atoms. The van der Waals surface area contributed by atoms with Crippen LogP contribution in [0.25, 0.3) is 0 Å². The Hall–Kier alpha value is -1.55. The molecule has 0 aliphatic carbocycles. The van der Waals surface area contributed by atoms with Gasteiger partial charge in [-0.1, -0.05) is 18.2 Å². The molecule has 1 atom stereocenters. The number of nitrogens with zero attached hydrogens (tertiary/aromatic N) is 2. The van der Waals surface area contributed by atoms with E-state index in [2.05, 4.69) is 23.1 Å². The second kappa shape index (κ2) is 5.40. The molecule has 0 bridgehead atoms. The van der Waals surface area contributed by atoms with Crippen LogP contribution in [-0.2, 0) is 11.2 Å². The van der Waals surface area contributed by atoms with E-state index < -0.39 is 0 Å². The van der Waals surface area contributed by atoms with Crippen molar-refractivity contribution < 1.29 is 4.79 Å². The Morgan fingerprint density at radius 3 is 2.83 bits per heavy atom. The predicted octanol–water partition coefficient (Wildman–Crippen LogP) is 0.855. The molecule has 1 aliphatic heterocycles. The summed E-state index contributed by atoms with van der Waals surface area (Å²) in [6.45, 7) is 1.47. The third kappa shape index (κ3) is 2.48. The highest BCUT2D eigenvalue weighted by Gasteiger charge is 2.26. The molecule has 1 heterocycles. The number of fused-ring (bicyclic) bond motifs is 1. The number of anilines is 1. The minimum absolute atomic E-state index is 0.101. The quantitative estimate of drug-likeness (QED) is 0.858. The van der Waals surface area contributed by atoms with Crippen molar-refractivity contribution in [3.8, 4) is 0 Å². The molecule has 1 aliphatic rings. The minimum Gasteiger partial charge on any atom is -0.366 e. The molecule has 1 aromatic carbocycles. The van der Waals surface area contributed by atoms with Crippen molar-refractivity contribution in [2.24, 2.45) is 5.73 Å². The number of para-hydroxylation sites is 1. The van der Waals surface area contributed by atoms with E-state index in [1.807, 2.05) is 6.07 Å². The van der Waals surface area contributed by atoms with Crippen LogP contribution >= 0.6 is 0 Å². The van der Waals surface area contributed by atoms with Crippen molar-refractivity contribution in [1.29, 1.82) is 0 Å². The van der Waals surface area contributed by atoms with Crippen molar-refractivity contribution >= 4 is 11.6 Å². The number of amides is 1. The van der Waals surface area contributed by atoms with Gasteiger partial charge in [0.25, 0.3) is 0 Å². The summed E-state index contributed by atoms with van der Waals surface area (Å²) in [5, 5.41) is 0. The van der Waals surface area contributed by atoms with Gasteiger partial charge in [-0.15, -0.1) is 0 Å². The van der Waals surface area contributed by atoms with E-state index in [4.69, 9.17) is 5.73 Å². The lowest BCUT2D eigenvalue weighted by Gasteiger charge is -2.29. The van der Waals surface area contributed by atoms with E-state index in [0.717, 1.165) is 13.0 Å². The number of hydrogen-bond acceptors (Lipinski definition) is 3. The summed E-state index contributed by atoms with van der Waals surface area (Å²) in [5.74, 6) is 0.134. The van der Waals surface area contributed by atoms with Gasteiger partial charge in [0.1, 0.15) is 0 Å². The lowest BCUT2D eigenvalue weighted by Crippen LogP contribution is -2.43. The predicted molar refractivity (Wildman–Crippen MR) is 73.6 cm³/mol. The Morgan fingerprint density at radius 2 is 2.17 bits per heavy atom. The highest BCUT2D eigenvalue weighted by Crippen LogP contribution is 2.29. The van der Waals surface area contributed by atoms with E-state index in [0.29, 0.717) is 13.0 Å². The van der Waals surface area contributed by atoms with Gasteiger partial charge in [-0.05, 0) is 18.1 Å². The second-order valence-electron chi connectivity index (χ2n) is 4.95. The summed E-state index contributed by atoms with van der Waals surface area (Å²) in [6, 6.07) is 8.47.